The zero-order chi connectivity index (χ0) is 23.2. The van der Waals surface area contributed by atoms with Gasteiger partial charge in [-0.2, -0.15) is 5.26 Å². The second kappa shape index (κ2) is 9.90. The Bertz CT molecular complexity index is 1330. The van der Waals surface area contributed by atoms with E-state index in [1.165, 1.54) is 7.11 Å². The number of hydrogen-bond donors (Lipinski definition) is 0. The summed E-state index contributed by atoms with van der Waals surface area (Å²) >= 11 is 5.93. The van der Waals surface area contributed by atoms with Crippen molar-refractivity contribution < 1.29 is 14.3 Å². The number of esters is 1. The van der Waals surface area contributed by atoms with Crippen LogP contribution in [0, 0.1) is 11.3 Å². The standard InChI is InChI=1S/C27H19ClN2O3/c1-32-26-17-19(16-22(18-29)20-5-9-23(28)10-6-20)4-13-25(26)33-27(31)21-7-11-24(12-8-21)30-14-2-3-15-30/h2-17H,1H3/b22-16-. The molecule has 6 heteroatoms. The van der Waals surface area contributed by atoms with Crippen molar-refractivity contribution in [2.45, 2.75) is 0 Å². The summed E-state index contributed by atoms with van der Waals surface area (Å²) < 4.78 is 12.9. The van der Waals surface area contributed by atoms with E-state index in [0.717, 1.165) is 16.8 Å². The molecule has 4 rings (SSSR count). The molecule has 4 aromatic rings. The summed E-state index contributed by atoms with van der Waals surface area (Å²) in [6.45, 7) is 0. The molecule has 0 saturated carbocycles. The van der Waals surface area contributed by atoms with E-state index in [0.29, 0.717) is 27.7 Å². The fourth-order valence-corrected chi connectivity index (χ4v) is 3.40. The Kier molecular flexibility index (Phi) is 6.58. The molecule has 0 bridgehead atoms. The third-order valence-electron chi connectivity index (χ3n) is 4.98. The average Bonchev–Trinajstić information content (AvgIpc) is 3.39. The zero-order valence-electron chi connectivity index (χ0n) is 17.7. The number of nitrogens with zero attached hydrogens (tertiary/aromatic N) is 2. The van der Waals surface area contributed by atoms with Crippen molar-refractivity contribution >= 4 is 29.2 Å². The number of methoxy groups -OCH3 is 1. The highest BCUT2D eigenvalue weighted by Crippen LogP contribution is 2.31. The van der Waals surface area contributed by atoms with E-state index in [1.807, 2.05) is 41.2 Å². The van der Waals surface area contributed by atoms with Crippen LogP contribution in [0.1, 0.15) is 21.5 Å². The van der Waals surface area contributed by atoms with Gasteiger partial charge in [-0.15, -0.1) is 0 Å². The lowest BCUT2D eigenvalue weighted by Crippen LogP contribution is -2.09. The summed E-state index contributed by atoms with van der Waals surface area (Å²) in [5.41, 5.74) is 3.32. The summed E-state index contributed by atoms with van der Waals surface area (Å²) in [5.74, 6) is 0.183. The predicted octanol–water partition coefficient (Wildman–Crippen LogP) is 6.42. The molecule has 3 aromatic carbocycles. The third-order valence-corrected chi connectivity index (χ3v) is 5.23. The van der Waals surface area contributed by atoms with Gasteiger partial charge in [0.2, 0.25) is 0 Å². The van der Waals surface area contributed by atoms with Crippen molar-refractivity contribution in [2.75, 3.05) is 7.11 Å². The highest BCUT2D eigenvalue weighted by Gasteiger charge is 2.13. The van der Waals surface area contributed by atoms with Gasteiger partial charge in [0, 0.05) is 23.1 Å². The van der Waals surface area contributed by atoms with E-state index in [2.05, 4.69) is 6.07 Å². The van der Waals surface area contributed by atoms with Crippen LogP contribution >= 0.6 is 11.6 Å². The summed E-state index contributed by atoms with van der Waals surface area (Å²) in [6.07, 6.45) is 5.59. The Morgan fingerprint density at radius 1 is 0.939 bits per heavy atom. The Hall–Kier alpha value is -4.27. The first kappa shape index (κ1) is 21.9. The molecule has 33 heavy (non-hydrogen) atoms. The molecule has 0 aliphatic rings. The summed E-state index contributed by atoms with van der Waals surface area (Å²) in [6, 6.07) is 25.3. The number of halogens is 1. The van der Waals surface area contributed by atoms with Crippen molar-refractivity contribution in [2.24, 2.45) is 0 Å². The van der Waals surface area contributed by atoms with Crippen LogP contribution < -0.4 is 9.47 Å². The van der Waals surface area contributed by atoms with E-state index in [9.17, 15) is 10.1 Å². The Balaban J connectivity index is 1.53. The number of rotatable bonds is 6. The van der Waals surface area contributed by atoms with Gasteiger partial charge in [0.25, 0.3) is 0 Å². The molecule has 162 valence electrons. The molecule has 0 aliphatic heterocycles. The number of aromatic nitrogens is 1. The van der Waals surface area contributed by atoms with Gasteiger partial charge < -0.3 is 14.0 Å². The van der Waals surface area contributed by atoms with Crippen LogP contribution in [-0.2, 0) is 0 Å². The van der Waals surface area contributed by atoms with Crippen LogP contribution in [0.2, 0.25) is 5.02 Å². The van der Waals surface area contributed by atoms with Gasteiger partial charge in [0.15, 0.2) is 11.5 Å². The largest absolute Gasteiger partial charge is 0.493 e. The number of carbonyl (C=O) groups excluding carboxylic acids is 1. The number of benzene rings is 3. The van der Waals surface area contributed by atoms with E-state index >= 15 is 0 Å². The molecule has 1 aromatic heterocycles. The van der Waals surface area contributed by atoms with Gasteiger partial charge >= 0.3 is 5.97 Å². The average molecular weight is 455 g/mol. The van der Waals surface area contributed by atoms with Gasteiger partial charge in [-0.1, -0.05) is 29.8 Å². The zero-order valence-corrected chi connectivity index (χ0v) is 18.5. The van der Waals surface area contributed by atoms with Crippen molar-refractivity contribution in [1.82, 2.24) is 4.57 Å². The maximum absolute atomic E-state index is 12.7. The highest BCUT2D eigenvalue weighted by molar-refractivity contribution is 6.30. The van der Waals surface area contributed by atoms with Gasteiger partial charge in [-0.05, 0) is 77.9 Å². The molecule has 5 nitrogen and oxygen atoms in total. The van der Waals surface area contributed by atoms with Crippen molar-refractivity contribution in [3.05, 3.63) is 113 Å². The number of allylic oxidation sites excluding steroid dienone is 1. The highest BCUT2D eigenvalue weighted by atomic mass is 35.5. The molecule has 0 aliphatic carbocycles. The predicted molar refractivity (Wildman–Crippen MR) is 129 cm³/mol. The molecule has 0 unspecified atom stereocenters. The minimum absolute atomic E-state index is 0.291. The van der Waals surface area contributed by atoms with Gasteiger partial charge in [-0.25, -0.2) is 4.79 Å². The van der Waals surface area contributed by atoms with E-state index in [4.69, 9.17) is 21.1 Å². The lowest BCUT2D eigenvalue weighted by Gasteiger charge is -2.11. The number of carbonyl (C=O) groups is 1. The second-order valence-electron chi connectivity index (χ2n) is 7.11. The summed E-state index contributed by atoms with van der Waals surface area (Å²) in [4.78, 5) is 12.7. The fourth-order valence-electron chi connectivity index (χ4n) is 3.27. The lowest BCUT2D eigenvalue weighted by atomic mass is 10.0. The van der Waals surface area contributed by atoms with Crippen LogP contribution in [0.5, 0.6) is 11.5 Å². The molecule has 0 atom stereocenters. The monoisotopic (exact) mass is 454 g/mol. The van der Waals surface area contributed by atoms with Crippen molar-refractivity contribution in [1.29, 1.82) is 5.26 Å². The van der Waals surface area contributed by atoms with Gasteiger partial charge in [-0.3, -0.25) is 0 Å². The van der Waals surface area contributed by atoms with Crippen LogP contribution in [0.25, 0.3) is 17.3 Å². The van der Waals surface area contributed by atoms with Gasteiger partial charge in [0.1, 0.15) is 0 Å². The number of nitriles is 1. The van der Waals surface area contributed by atoms with Crippen LogP contribution in [0.3, 0.4) is 0 Å². The quantitative estimate of drug-likeness (QED) is 0.146. The fraction of sp³-hybridized carbons (Fsp3) is 0.0370. The molecule has 0 saturated heterocycles. The topological polar surface area (TPSA) is 64.2 Å². The molecule has 0 fully saturated rings. The minimum atomic E-state index is -0.491. The Morgan fingerprint density at radius 2 is 1.61 bits per heavy atom. The molecular formula is C27H19ClN2O3. The third kappa shape index (κ3) is 5.15. The number of hydrogen-bond acceptors (Lipinski definition) is 4. The molecule has 0 N–H and O–H groups in total. The van der Waals surface area contributed by atoms with Crippen LogP contribution in [0.15, 0.2) is 91.3 Å². The second-order valence-corrected chi connectivity index (χ2v) is 7.55. The van der Waals surface area contributed by atoms with E-state index in [-0.39, 0.29) is 0 Å². The number of ether oxygens (including phenoxy) is 2. The molecular weight excluding hydrogens is 436 g/mol. The SMILES string of the molecule is COc1cc(/C=C(/C#N)c2ccc(Cl)cc2)ccc1OC(=O)c1ccc(-n2cccc2)cc1. The minimum Gasteiger partial charge on any atom is -0.493 e. The van der Waals surface area contributed by atoms with Crippen LogP contribution in [-0.4, -0.2) is 17.6 Å². The Labute approximate surface area is 196 Å². The van der Waals surface area contributed by atoms with E-state index in [1.54, 1.807) is 60.7 Å². The van der Waals surface area contributed by atoms with Gasteiger partial charge in [0.05, 0.1) is 24.3 Å². The van der Waals surface area contributed by atoms with Crippen LogP contribution in [0.4, 0.5) is 0 Å². The van der Waals surface area contributed by atoms with Crippen molar-refractivity contribution in [3.8, 4) is 23.3 Å². The summed E-state index contributed by atoms with van der Waals surface area (Å²) in [7, 11) is 1.50. The maximum Gasteiger partial charge on any atom is 0.343 e. The molecule has 0 spiro atoms. The maximum atomic E-state index is 12.7. The summed E-state index contributed by atoms with van der Waals surface area (Å²) in [5, 5.41) is 10.2. The molecule has 1 heterocycles. The first-order valence-electron chi connectivity index (χ1n) is 10.1. The molecule has 0 radical (unpaired) electrons. The smallest absolute Gasteiger partial charge is 0.343 e. The van der Waals surface area contributed by atoms with Crippen molar-refractivity contribution in [3.63, 3.8) is 0 Å². The van der Waals surface area contributed by atoms with E-state index < -0.39 is 5.97 Å². The Morgan fingerprint density at radius 3 is 2.24 bits per heavy atom. The first-order valence-corrected chi connectivity index (χ1v) is 10.5. The first-order chi connectivity index (χ1) is 16.1. The normalized spacial score (nSPS) is 11.0. The molecule has 0 amide bonds. The lowest BCUT2D eigenvalue weighted by molar-refractivity contribution is 0.0729.